The number of para-hydroxylation sites is 1. The zero-order valence-corrected chi connectivity index (χ0v) is 42.4. The molecule has 7 aromatic rings. The molecule has 0 radical (unpaired) electrons. The van der Waals surface area contributed by atoms with E-state index in [-0.39, 0.29) is 29.5 Å². The summed E-state index contributed by atoms with van der Waals surface area (Å²) in [6, 6.07) is 29.8. The molecule has 11 rings (SSSR count). The summed E-state index contributed by atoms with van der Waals surface area (Å²) >= 11 is 1.44. The van der Waals surface area contributed by atoms with Crippen LogP contribution in [0, 0.1) is 12.8 Å². The minimum atomic E-state index is -1.10. The number of nitrogens with zero attached hydrogens (tertiary/aromatic N) is 6. The van der Waals surface area contributed by atoms with Gasteiger partial charge in [-0.05, 0) is 160 Å². The molecule has 3 aromatic heterocycles. The first-order chi connectivity index (χ1) is 35.5. The molecule has 3 N–H and O–H groups in total. The maximum Gasteiger partial charge on any atom is 0.355 e. The van der Waals surface area contributed by atoms with Crippen LogP contribution < -0.4 is 20.3 Å². The number of hydrogen-bond donors (Lipinski definition) is 3. The van der Waals surface area contributed by atoms with Gasteiger partial charge in [0.05, 0.1) is 33.4 Å². The highest BCUT2D eigenvalue weighted by Crippen LogP contribution is 2.39. The number of aromatic carboxylic acids is 1. The van der Waals surface area contributed by atoms with Crippen LogP contribution in [-0.2, 0) is 29.6 Å². The number of thiazole rings is 1. The van der Waals surface area contributed by atoms with Crippen molar-refractivity contribution in [2.75, 3.05) is 36.4 Å². The predicted molar refractivity (Wildman–Crippen MR) is 285 cm³/mol. The third kappa shape index (κ3) is 10.2. The Morgan fingerprint density at radius 3 is 2.56 bits per heavy atom. The number of ether oxygens (including phenoxy) is 1. The first kappa shape index (κ1) is 48.3. The van der Waals surface area contributed by atoms with E-state index in [1.54, 1.807) is 0 Å². The maximum absolute atomic E-state index is 13.7. The molecule has 1 unspecified atom stereocenters. The number of rotatable bonds is 14. The van der Waals surface area contributed by atoms with Gasteiger partial charge in [-0.3, -0.25) is 29.7 Å². The molecular weight excluding hydrogens is 937 g/mol. The Hall–Kier alpha value is -6.97. The van der Waals surface area contributed by atoms with Crippen molar-refractivity contribution in [3.05, 3.63) is 130 Å². The Bertz CT molecular complexity index is 3220. The second-order valence-electron chi connectivity index (χ2n) is 20.5. The van der Waals surface area contributed by atoms with E-state index in [1.807, 2.05) is 85.4 Å². The molecule has 2 saturated heterocycles. The van der Waals surface area contributed by atoms with Crippen LogP contribution in [0.4, 0.5) is 10.9 Å². The molecule has 3 aliphatic heterocycles. The molecule has 2 atom stereocenters. The van der Waals surface area contributed by atoms with Crippen molar-refractivity contribution >= 4 is 67.1 Å². The summed E-state index contributed by atoms with van der Waals surface area (Å²) in [4.78, 5) is 65.0. The van der Waals surface area contributed by atoms with Crippen molar-refractivity contribution in [3.8, 4) is 16.9 Å². The number of hydrogen-bond acceptors (Lipinski definition) is 11. The Kier molecular flexibility index (Phi) is 13.8. The summed E-state index contributed by atoms with van der Waals surface area (Å²) in [7, 11) is 1.94. The standard InChI is InChI=1S/C58H62N8O6S/c1-35-41(42-24-26-51(60-54(42)57(70)71)66-31-28-37-11-7-14-43(46(37)34-66)55(68)62-58-59-47-15-3-4-17-50(47)73-58)13-8-16-49(35)72-40-21-18-36(19-22-40)10-5-6-29-65-30-9-12-39(33-65)38-20-23-44-48(32-38)64(2)63-53(44)45-25-27-52(67)61-56(45)69/h3-4,7-8,11,13-17,20,23-24,26,32,36,39-40,45H,5-6,9-10,12,18-19,21-22,25,27-31,33-34H2,1-2H3,(H,70,71)(H,59,62,68)(H,61,67,69)/t36?,39-,40?,45?/m1/s1. The van der Waals surface area contributed by atoms with Gasteiger partial charge in [-0.15, -0.1) is 0 Å². The van der Waals surface area contributed by atoms with Gasteiger partial charge in [0.15, 0.2) is 10.8 Å². The maximum atomic E-state index is 13.7. The first-order valence-electron chi connectivity index (χ1n) is 26.1. The summed E-state index contributed by atoms with van der Waals surface area (Å²) in [5, 5.41) is 22.3. The fraction of sp³-hybridized carbons (Fsp3) is 0.397. The van der Waals surface area contributed by atoms with Crippen LogP contribution in [0.5, 0.6) is 5.75 Å². The number of aromatic nitrogens is 4. The number of piperidine rings is 2. The van der Waals surface area contributed by atoms with Crippen LogP contribution >= 0.6 is 11.3 Å². The van der Waals surface area contributed by atoms with Crippen LogP contribution in [0.25, 0.3) is 32.2 Å². The number of anilines is 2. The van der Waals surface area contributed by atoms with E-state index in [1.165, 1.54) is 42.6 Å². The van der Waals surface area contributed by atoms with Crippen molar-refractivity contribution < 1.29 is 29.0 Å². The van der Waals surface area contributed by atoms with Gasteiger partial charge >= 0.3 is 5.97 Å². The smallest absolute Gasteiger partial charge is 0.355 e. The highest BCUT2D eigenvalue weighted by molar-refractivity contribution is 7.22. The number of imide groups is 1. The number of carboxylic acids is 1. The second kappa shape index (κ2) is 20.9. The number of unbranched alkanes of at least 4 members (excludes halogenated alkanes) is 1. The highest BCUT2D eigenvalue weighted by Gasteiger charge is 2.33. The van der Waals surface area contributed by atoms with E-state index in [0.29, 0.717) is 66.3 Å². The third-order valence-electron chi connectivity index (χ3n) is 15.9. The second-order valence-corrected chi connectivity index (χ2v) is 21.6. The third-order valence-corrected chi connectivity index (χ3v) is 16.8. The van der Waals surface area contributed by atoms with Crippen molar-refractivity contribution in [1.29, 1.82) is 0 Å². The molecule has 1 aliphatic carbocycles. The topological polar surface area (TPSA) is 172 Å². The Labute approximate surface area is 429 Å². The number of carbonyl (C=O) groups excluding carboxylic acids is 3. The van der Waals surface area contributed by atoms with Gasteiger partial charge in [0.2, 0.25) is 11.8 Å². The number of pyridine rings is 1. The Morgan fingerprint density at radius 1 is 0.877 bits per heavy atom. The van der Waals surface area contributed by atoms with E-state index in [0.717, 1.165) is 107 Å². The molecule has 14 nitrogen and oxygen atoms in total. The van der Waals surface area contributed by atoms with E-state index in [4.69, 9.17) is 14.8 Å². The SMILES string of the molecule is Cc1c(OC2CCC(CCCCN3CCC[C@@H](c4ccc5c(C6CCC(=O)NC6=O)nn(C)c5c4)C3)CC2)cccc1-c1ccc(N2CCc3cccc(C(=O)Nc4nc5ccccc5s4)c3C2)nc1C(=O)O. The molecule has 4 aromatic carbocycles. The molecule has 15 heteroatoms. The average Bonchev–Trinajstić information content (AvgIpc) is 3.97. The Balaban J connectivity index is 0.666. The summed E-state index contributed by atoms with van der Waals surface area (Å²) in [6.45, 7) is 6.36. The van der Waals surface area contributed by atoms with Gasteiger partial charge in [-0.2, -0.15) is 5.10 Å². The lowest BCUT2D eigenvalue weighted by Crippen LogP contribution is -2.39. The Morgan fingerprint density at radius 2 is 1.73 bits per heavy atom. The van der Waals surface area contributed by atoms with Crippen LogP contribution in [0.1, 0.15) is 131 Å². The van der Waals surface area contributed by atoms with Crippen LogP contribution in [0.2, 0.25) is 0 Å². The van der Waals surface area contributed by atoms with Gasteiger partial charge in [0.25, 0.3) is 5.91 Å². The molecule has 4 aliphatic rings. The van der Waals surface area contributed by atoms with Crippen molar-refractivity contribution in [2.24, 2.45) is 13.0 Å². The monoisotopic (exact) mass is 998 g/mol. The summed E-state index contributed by atoms with van der Waals surface area (Å²) in [5.74, 6) is 0.305. The number of aryl methyl sites for hydroxylation is 1. The number of fused-ring (bicyclic) bond motifs is 3. The van der Waals surface area contributed by atoms with Gasteiger partial charge in [-0.1, -0.05) is 72.7 Å². The molecule has 1 saturated carbocycles. The van der Waals surface area contributed by atoms with Gasteiger partial charge in [0.1, 0.15) is 11.6 Å². The molecule has 73 heavy (non-hydrogen) atoms. The fourth-order valence-corrected chi connectivity index (χ4v) is 12.8. The van der Waals surface area contributed by atoms with Crippen molar-refractivity contribution in [1.82, 2.24) is 30.0 Å². The number of nitrogens with one attached hydrogen (secondary N) is 2. The summed E-state index contributed by atoms with van der Waals surface area (Å²) in [5.41, 5.74) is 8.74. The average molecular weight is 999 g/mol. The van der Waals surface area contributed by atoms with Crippen LogP contribution in [-0.4, -0.2) is 85.7 Å². The largest absolute Gasteiger partial charge is 0.490 e. The van der Waals surface area contributed by atoms with Gasteiger partial charge in [0, 0.05) is 49.6 Å². The predicted octanol–water partition coefficient (Wildman–Crippen LogP) is 10.6. The molecule has 3 amide bonds. The zero-order valence-electron chi connectivity index (χ0n) is 41.6. The first-order valence-corrected chi connectivity index (χ1v) is 26.9. The van der Waals surface area contributed by atoms with Crippen molar-refractivity contribution in [3.63, 3.8) is 0 Å². The minimum Gasteiger partial charge on any atom is -0.490 e. The van der Waals surface area contributed by atoms with Gasteiger partial charge < -0.3 is 19.6 Å². The normalized spacial score (nSPS) is 20.5. The zero-order chi connectivity index (χ0) is 50.2. The highest BCUT2D eigenvalue weighted by atomic mass is 32.1. The van der Waals surface area contributed by atoms with Crippen LogP contribution in [0.15, 0.2) is 91.0 Å². The molecule has 376 valence electrons. The number of carboxylic acid groups (broad SMARTS) is 1. The molecule has 6 heterocycles. The quantitative estimate of drug-likeness (QED) is 0.0699. The summed E-state index contributed by atoms with van der Waals surface area (Å²) < 4.78 is 9.59. The van der Waals surface area contributed by atoms with Crippen LogP contribution in [0.3, 0.4) is 0 Å². The molecule has 0 spiro atoms. The number of carbonyl (C=O) groups is 4. The summed E-state index contributed by atoms with van der Waals surface area (Å²) in [6.07, 6.45) is 11.9. The number of benzene rings is 4. The lowest BCUT2D eigenvalue weighted by molar-refractivity contribution is -0.134. The lowest BCUT2D eigenvalue weighted by atomic mass is 9.84. The van der Waals surface area contributed by atoms with E-state index >= 15 is 0 Å². The van der Waals surface area contributed by atoms with Crippen molar-refractivity contribution in [2.45, 2.75) is 108 Å². The fourth-order valence-electron chi connectivity index (χ4n) is 11.9. The van der Waals surface area contributed by atoms with E-state index < -0.39 is 11.9 Å². The molecule has 0 bridgehead atoms. The number of likely N-dealkylation sites (tertiary alicyclic amines) is 1. The molecule has 3 fully saturated rings. The lowest BCUT2D eigenvalue weighted by Gasteiger charge is -2.33. The van der Waals surface area contributed by atoms with E-state index in [9.17, 15) is 24.3 Å². The molecular formula is C58H62N8O6S. The van der Waals surface area contributed by atoms with Gasteiger partial charge in [-0.25, -0.2) is 14.8 Å². The number of amides is 3. The minimum absolute atomic E-state index is 0.0166. The van der Waals surface area contributed by atoms with E-state index in [2.05, 4.69) is 49.7 Å².